The van der Waals surface area contributed by atoms with Crippen molar-refractivity contribution in [1.82, 2.24) is 0 Å². The summed E-state index contributed by atoms with van der Waals surface area (Å²) in [7, 11) is 3.02. The zero-order valence-electron chi connectivity index (χ0n) is 12.3. The largest absolute Gasteiger partial charge is 0.497 e. The van der Waals surface area contributed by atoms with Gasteiger partial charge in [0.25, 0.3) is 0 Å². The number of aliphatic carboxylic acids is 1. The molecule has 1 aliphatic rings. The van der Waals surface area contributed by atoms with Gasteiger partial charge in [-0.15, -0.1) is 0 Å². The molecule has 0 spiro atoms. The van der Waals surface area contributed by atoms with Crippen LogP contribution in [-0.2, 0) is 4.79 Å². The standard InChI is InChI=1S/C16H20O5/c1-20-10-7-8-14(21-2)13(9-10)15(17)11-5-3-4-6-12(11)16(18)19/h7-9,11-12H,3-6H2,1-2H3,(H,18,19). The molecule has 1 saturated carbocycles. The molecule has 2 rings (SSSR count). The van der Waals surface area contributed by atoms with Crippen LogP contribution in [0, 0.1) is 11.8 Å². The van der Waals surface area contributed by atoms with E-state index in [9.17, 15) is 14.7 Å². The minimum atomic E-state index is -0.894. The number of hydrogen-bond donors (Lipinski definition) is 1. The molecule has 0 bridgehead atoms. The van der Waals surface area contributed by atoms with Crippen molar-refractivity contribution in [3.05, 3.63) is 23.8 Å². The van der Waals surface area contributed by atoms with Gasteiger partial charge in [-0.3, -0.25) is 9.59 Å². The van der Waals surface area contributed by atoms with Crippen LogP contribution in [0.25, 0.3) is 0 Å². The van der Waals surface area contributed by atoms with Crippen molar-refractivity contribution >= 4 is 11.8 Å². The van der Waals surface area contributed by atoms with Crippen LogP contribution in [-0.4, -0.2) is 31.1 Å². The second-order valence-corrected chi connectivity index (χ2v) is 5.27. The second kappa shape index (κ2) is 6.61. The van der Waals surface area contributed by atoms with Crippen LogP contribution in [0.3, 0.4) is 0 Å². The van der Waals surface area contributed by atoms with Gasteiger partial charge in [-0.05, 0) is 31.0 Å². The Morgan fingerprint density at radius 2 is 1.76 bits per heavy atom. The minimum absolute atomic E-state index is 0.169. The molecule has 2 unspecified atom stereocenters. The molecule has 0 radical (unpaired) electrons. The molecule has 0 aromatic heterocycles. The van der Waals surface area contributed by atoms with Crippen LogP contribution < -0.4 is 9.47 Å². The summed E-state index contributed by atoms with van der Waals surface area (Å²) in [6.07, 6.45) is 2.90. The Morgan fingerprint density at radius 1 is 1.10 bits per heavy atom. The highest BCUT2D eigenvalue weighted by Crippen LogP contribution is 2.35. The molecule has 0 aliphatic heterocycles. The highest BCUT2D eigenvalue weighted by molar-refractivity contribution is 6.02. The topological polar surface area (TPSA) is 72.8 Å². The van der Waals surface area contributed by atoms with Crippen molar-refractivity contribution in [2.24, 2.45) is 11.8 Å². The van der Waals surface area contributed by atoms with E-state index in [0.717, 1.165) is 12.8 Å². The molecule has 0 amide bonds. The predicted octanol–water partition coefficient (Wildman–Crippen LogP) is 2.78. The molecule has 114 valence electrons. The maximum absolute atomic E-state index is 12.8. The molecule has 5 nitrogen and oxygen atoms in total. The van der Waals surface area contributed by atoms with E-state index < -0.39 is 17.8 Å². The lowest BCUT2D eigenvalue weighted by molar-refractivity contribution is -0.144. The van der Waals surface area contributed by atoms with E-state index in [4.69, 9.17) is 9.47 Å². The molecule has 1 aromatic carbocycles. The molecule has 1 aliphatic carbocycles. The van der Waals surface area contributed by atoms with Crippen molar-refractivity contribution in [3.8, 4) is 11.5 Å². The zero-order valence-corrected chi connectivity index (χ0v) is 12.3. The number of carbonyl (C=O) groups excluding carboxylic acids is 1. The van der Waals surface area contributed by atoms with E-state index in [0.29, 0.717) is 29.9 Å². The number of rotatable bonds is 5. The summed E-state index contributed by atoms with van der Waals surface area (Å²) in [6.45, 7) is 0. The first-order valence-electron chi connectivity index (χ1n) is 7.07. The first-order chi connectivity index (χ1) is 10.1. The number of ether oxygens (including phenoxy) is 2. The summed E-state index contributed by atoms with van der Waals surface area (Å²) >= 11 is 0. The number of hydrogen-bond acceptors (Lipinski definition) is 4. The third-order valence-corrected chi connectivity index (χ3v) is 4.09. The lowest BCUT2D eigenvalue weighted by atomic mass is 9.75. The molecule has 5 heteroatoms. The van der Waals surface area contributed by atoms with E-state index in [1.165, 1.54) is 14.2 Å². The highest BCUT2D eigenvalue weighted by Gasteiger charge is 2.37. The van der Waals surface area contributed by atoms with Gasteiger partial charge in [0.15, 0.2) is 5.78 Å². The van der Waals surface area contributed by atoms with E-state index in [1.54, 1.807) is 18.2 Å². The Labute approximate surface area is 123 Å². The molecule has 2 atom stereocenters. The number of benzene rings is 1. The van der Waals surface area contributed by atoms with Crippen LogP contribution in [0.5, 0.6) is 11.5 Å². The fourth-order valence-electron chi connectivity index (χ4n) is 2.95. The third-order valence-electron chi connectivity index (χ3n) is 4.09. The van der Waals surface area contributed by atoms with E-state index in [1.807, 2.05) is 0 Å². The molecule has 1 fully saturated rings. The van der Waals surface area contributed by atoms with E-state index in [-0.39, 0.29) is 5.78 Å². The smallest absolute Gasteiger partial charge is 0.307 e. The zero-order chi connectivity index (χ0) is 15.4. The Morgan fingerprint density at radius 3 is 2.33 bits per heavy atom. The maximum atomic E-state index is 12.8. The number of ketones is 1. The summed E-state index contributed by atoms with van der Waals surface area (Å²) in [4.78, 5) is 24.1. The fraction of sp³-hybridized carbons (Fsp3) is 0.500. The average Bonchev–Trinajstić information content (AvgIpc) is 2.53. The van der Waals surface area contributed by atoms with Gasteiger partial charge < -0.3 is 14.6 Å². The van der Waals surface area contributed by atoms with E-state index in [2.05, 4.69) is 0 Å². The molecule has 1 N–H and O–H groups in total. The van der Waals surface area contributed by atoms with Crippen LogP contribution in [0.1, 0.15) is 36.0 Å². The molecule has 1 aromatic rings. The number of Topliss-reactive ketones (excluding diaryl/α,β-unsaturated/α-hetero) is 1. The van der Waals surface area contributed by atoms with Crippen LogP contribution in [0.15, 0.2) is 18.2 Å². The van der Waals surface area contributed by atoms with Crippen molar-refractivity contribution in [3.63, 3.8) is 0 Å². The second-order valence-electron chi connectivity index (χ2n) is 5.27. The summed E-state index contributed by atoms with van der Waals surface area (Å²) in [5.41, 5.74) is 0.398. The monoisotopic (exact) mass is 292 g/mol. The first kappa shape index (κ1) is 15.4. The first-order valence-corrected chi connectivity index (χ1v) is 7.07. The van der Waals surface area contributed by atoms with E-state index >= 15 is 0 Å². The Hall–Kier alpha value is -2.04. The molecular weight excluding hydrogens is 272 g/mol. The van der Waals surface area contributed by atoms with Gasteiger partial charge in [-0.1, -0.05) is 12.8 Å². The quantitative estimate of drug-likeness (QED) is 0.845. The average molecular weight is 292 g/mol. The Bertz CT molecular complexity index is 537. The van der Waals surface area contributed by atoms with Gasteiger partial charge in [0.2, 0.25) is 0 Å². The molecule has 21 heavy (non-hydrogen) atoms. The van der Waals surface area contributed by atoms with Gasteiger partial charge in [-0.25, -0.2) is 0 Å². The Balaban J connectivity index is 2.35. The van der Waals surface area contributed by atoms with Gasteiger partial charge >= 0.3 is 5.97 Å². The van der Waals surface area contributed by atoms with Gasteiger partial charge in [0.1, 0.15) is 11.5 Å². The highest BCUT2D eigenvalue weighted by atomic mass is 16.5. The maximum Gasteiger partial charge on any atom is 0.307 e. The Kier molecular flexibility index (Phi) is 4.83. The fourth-order valence-corrected chi connectivity index (χ4v) is 2.95. The lowest BCUT2D eigenvalue weighted by Crippen LogP contribution is -2.32. The van der Waals surface area contributed by atoms with Crippen molar-refractivity contribution < 1.29 is 24.2 Å². The van der Waals surface area contributed by atoms with Crippen LogP contribution in [0.2, 0.25) is 0 Å². The van der Waals surface area contributed by atoms with Gasteiger partial charge in [0, 0.05) is 5.92 Å². The van der Waals surface area contributed by atoms with Crippen LogP contribution >= 0.6 is 0 Å². The summed E-state index contributed by atoms with van der Waals surface area (Å²) in [6, 6.07) is 5.00. The number of carboxylic acid groups (broad SMARTS) is 1. The van der Waals surface area contributed by atoms with Crippen LogP contribution in [0.4, 0.5) is 0 Å². The van der Waals surface area contributed by atoms with Crippen molar-refractivity contribution in [1.29, 1.82) is 0 Å². The predicted molar refractivity (Wildman–Crippen MR) is 77.0 cm³/mol. The van der Waals surface area contributed by atoms with Crippen molar-refractivity contribution in [2.45, 2.75) is 25.7 Å². The van der Waals surface area contributed by atoms with Gasteiger partial charge in [0.05, 0.1) is 25.7 Å². The minimum Gasteiger partial charge on any atom is -0.497 e. The summed E-state index contributed by atoms with van der Waals surface area (Å²) in [5.74, 6) is -1.15. The number of carboxylic acids is 1. The number of methoxy groups -OCH3 is 2. The van der Waals surface area contributed by atoms with Crippen molar-refractivity contribution in [2.75, 3.05) is 14.2 Å². The number of carbonyl (C=O) groups is 2. The lowest BCUT2D eigenvalue weighted by Gasteiger charge is -2.27. The molecular formula is C16H20O5. The SMILES string of the molecule is COc1ccc(OC)c(C(=O)C2CCCCC2C(=O)O)c1. The normalized spacial score (nSPS) is 21.6. The van der Waals surface area contributed by atoms with Gasteiger partial charge in [-0.2, -0.15) is 0 Å². The summed E-state index contributed by atoms with van der Waals surface area (Å²) in [5, 5.41) is 9.32. The molecule has 0 saturated heterocycles. The molecule has 0 heterocycles. The summed E-state index contributed by atoms with van der Waals surface area (Å²) < 4.78 is 10.4. The third kappa shape index (κ3) is 3.17.